The molecule has 0 aliphatic carbocycles. The molecule has 0 aliphatic heterocycles. The van der Waals surface area contributed by atoms with Crippen molar-refractivity contribution in [3.8, 4) is 11.5 Å². The number of carbonyl (C=O) groups is 1. The summed E-state index contributed by atoms with van der Waals surface area (Å²) >= 11 is 7.23. The molecule has 0 fully saturated rings. The zero-order chi connectivity index (χ0) is 27.6. The monoisotopic (exact) mass is 550 g/mol. The molecule has 1 atom stereocenters. The van der Waals surface area contributed by atoms with Crippen molar-refractivity contribution in [2.75, 3.05) is 24.4 Å². The Morgan fingerprint density at radius 3 is 2.68 bits per heavy atom. The van der Waals surface area contributed by atoms with Crippen LogP contribution in [0.15, 0.2) is 50.6 Å². The van der Waals surface area contributed by atoms with Crippen molar-refractivity contribution in [3.05, 3.63) is 79.9 Å². The first-order valence-corrected chi connectivity index (χ1v) is 13.3. The van der Waals surface area contributed by atoms with Gasteiger partial charge in [-0.15, -0.1) is 0 Å². The Hall–Kier alpha value is -3.89. The lowest BCUT2D eigenvalue weighted by atomic mass is 9.99. The minimum atomic E-state index is -0.380. The predicted molar refractivity (Wildman–Crippen MR) is 155 cm³/mol. The Kier molecular flexibility index (Phi) is 8.03. The van der Waals surface area contributed by atoms with E-state index in [0.717, 1.165) is 23.1 Å². The fraction of sp³-hybridized carbons (Fsp3) is 0.222. The van der Waals surface area contributed by atoms with E-state index >= 15 is 0 Å². The number of nitrogens with zero attached hydrogens (tertiary/aromatic N) is 3. The SMILES string of the molecule is CN=Cc1nc(-c2oc3c(C(C)Nc4ccc(Cl)nc4C(=O)NSC)cc(C)cc3c(=O)c2C)ccc1N. The smallest absolute Gasteiger partial charge is 0.281 e. The Bertz CT molecular complexity index is 1640. The van der Waals surface area contributed by atoms with Gasteiger partial charge in [-0.3, -0.25) is 19.3 Å². The molecular formula is C27H27ClN6O3S. The highest BCUT2D eigenvalue weighted by Gasteiger charge is 2.22. The molecule has 1 aromatic carbocycles. The Labute approximate surface area is 229 Å². The molecule has 9 nitrogen and oxygen atoms in total. The van der Waals surface area contributed by atoms with Gasteiger partial charge in [0.25, 0.3) is 5.91 Å². The molecule has 0 radical (unpaired) electrons. The van der Waals surface area contributed by atoms with Gasteiger partial charge in [0.05, 0.1) is 22.8 Å². The average Bonchev–Trinajstić information content (AvgIpc) is 2.88. The number of hydrogen-bond acceptors (Lipinski definition) is 9. The van der Waals surface area contributed by atoms with Crippen molar-refractivity contribution in [2.24, 2.45) is 4.99 Å². The topological polar surface area (TPSA) is 136 Å². The van der Waals surface area contributed by atoms with Gasteiger partial charge < -0.3 is 15.5 Å². The van der Waals surface area contributed by atoms with Crippen LogP contribution in [0.1, 0.15) is 45.8 Å². The maximum absolute atomic E-state index is 13.5. The van der Waals surface area contributed by atoms with Gasteiger partial charge in [0, 0.05) is 30.6 Å². The van der Waals surface area contributed by atoms with Crippen LogP contribution in [-0.4, -0.2) is 35.4 Å². The quantitative estimate of drug-likeness (QED) is 0.159. The van der Waals surface area contributed by atoms with Crippen molar-refractivity contribution in [1.82, 2.24) is 14.7 Å². The van der Waals surface area contributed by atoms with Crippen LogP contribution in [0.5, 0.6) is 0 Å². The van der Waals surface area contributed by atoms with Crippen LogP contribution in [-0.2, 0) is 0 Å². The molecule has 196 valence electrons. The molecule has 0 saturated carbocycles. The van der Waals surface area contributed by atoms with Gasteiger partial charge >= 0.3 is 0 Å². The molecule has 0 saturated heterocycles. The van der Waals surface area contributed by atoms with Gasteiger partial charge in [0.15, 0.2) is 16.9 Å². The second kappa shape index (κ2) is 11.2. The molecule has 0 aliphatic rings. The molecule has 1 unspecified atom stereocenters. The van der Waals surface area contributed by atoms with Crippen molar-refractivity contribution >= 4 is 58.0 Å². The van der Waals surface area contributed by atoms with Crippen LogP contribution in [0.25, 0.3) is 22.4 Å². The molecule has 0 spiro atoms. The molecule has 4 rings (SSSR count). The maximum Gasteiger partial charge on any atom is 0.281 e. The third kappa shape index (κ3) is 5.36. The van der Waals surface area contributed by atoms with Crippen LogP contribution in [0.2, 0.25) is 5.15 Å². The largest absolute Gasteiger partial charge is 0.454 e. The average molecular weight is 551 g/mol. The third-order valence-electron chi connectivity index (χ3n) is 5.94. The molecule has 4 N–H and O–H groups in total. The van der Waals surface area contributed by atoms with E-state index in [9.17, 15) is 9.59 Å². The van der Waals surface area contributed by atoms with E-state index in [0.29, 0.717) is 45.1 Å². The number of halogens is 1. The Morgan fingerprint density at radius 2 is 1.97 bits per heavy atom. The Balaban J connectivity index is 1.87. The van der Waals surface area contributed by atoms with Gasteiger partial charge in [-0.25, -0.2) is 9.97 Å². The number of amides is 1. The van der Waals surface area contributed by atoms with Gasteiger partial charge in [-0.2, -0.15) is 0 Å². The summed E-state index contributed by atoms with van der Waals surface area (Å²) in [6.07, 6.45) is 3.30. The van der Waals surface area contributed by atoms with Crippen LogP contribution < -0.4 is 21.2 Å². The number of hydrogen-bond donors (Lipinski definition) is 3. The van der Waals surface area contributed by atoms with Crippen molar-refractivity contribution in [3.63, 3.8) is 0 Å². The van der Waals surface area contributed by atoms with Gasteiger partial charge in [0.1, 0.15) is 22.1 Å². The number of aliphatic imine (C=N–C) groups is 1. The fourth-order valence-corrected chi connectivity index (χ4v) is 4.58. The number of nitrogen functional groups attached to an aromatic ring is 1. The maximum atomic E-state index is 13.5. The van der Waals surface area contributed by atoms with E-state index < -0.39 is 0 Å². The summed E-state index contributed by atoms with van der Waals surface area (Å²) in [6.45, 7) is 5.54. The summed E-state index contributed by atoms with van der Waals surface area (Å²) in [7, 11) is 1.63. The van der Waals surface area contributed by atoms with Gasteiger partial charge in [0.2, 0.25) is 0 Å². The minimum absolute atomic E-state index is 0.157. The fourth-order valence-electron chi connectivity index (χ4n) is 4.15. The third-order valence-corrected chi connectivity index (χ3v) is 6.54. The van der Waals surface area contributed by atoms with E-state index in [-0.39, 0.29) is 28.2 Å². The number of pyridine rings is 2. The number of fused-ring (bicyclic) bond motifs is 1. The lowest BCUT2D eigenvalue weighted by molar-refractivity contribution is 0.0980. The molecule has 1 amide bonds. The number of aryl methyl sites for hydroxylation is 1. The number of carbonyl (C=O) groups excluding carboxylic acids is 1. The van der Waals surface area contributed by atoms with Crippen molar-refractivity contribution in [1.29, 1.82) is 0 Å². The van der Waals surface area contributed by atoms with E-state index in [1.165, 1.54) is 0 Å². The molecular weight excluding hydrogens is 524 g/mol. The molecule has 4 aromatic rings. The predicted octanol–water partition coefficient (Wildman–Crippen LogP) is 5.33. The molecule has 3 heterocycles. The first-order valence-electron chi connectivity index (χ1n) is 11.7. The standard InChI is InChI=1S/C27H27ClN6O3S/c1-13-10-16(15(3)31-19-8-9-22(28)33-23(19)27(36)34-38-5)26-17(11-13)24(35)14(2)25(37-26)20-7-6-18(29)21(32-20)12-30-4/h6-12,15,31H,29H2,1-5H3,(H,34,36). The lowest BCUT2D eigenvalue weighted by Gasteiger charge is -2.20. The Morgan fingerprint density at radius 1 is 1.21 bits per heavy atom. The molecule has 11 heteroatoms. The van der Waals surface area contributed by atoms with Crippen LogP contribution in [0.4, 0.5) is 11.4 Å². The molecule has 3 aromatic heterocycles. The highest BCUT2D eigenvalue weighted by molar-refractivity contribution is 7.97. The van der Waals surface area contributed by atoms with E-state index in [2.05, 4.69) is 25.0 Å². The van der Waals surface area contributed by atoms with Gasteiger partial charge in [-0.05, 0) is 56.7 Å². The molecule has 0 bridgehead atoms. The summed E-state index contributed by atoms with van der Waals surface area (Å²) in [5.74, 6) is -0.0344. The number of benzene rings is 1. The van der Waals surface area contributed by atoms with E-state index in [4.69, 9.17) is 21.8 Å². The zero-order valence-corrected chi connectivity index (χ0v) is 23.1. The number of aromatic nitrogens is 2. The number of nitrogens with one attached hydrogen (secondary N) is 2. The highest BCUT2D eigenvalue weighted by Crippen LogP contribution is 2.32. The van der Waals surface area contributed by atoms with Crippen LogP contribution in [0.3, 0.4) is 0 Å². The normalized spacial score (nSPS) is 12.2. The number of rotatable bonds is 7. The van der Waals surface area contributed by atoms with E-state index in [1.54, 1.807) is 56.8 Å². The first-order chi connectivity index (χ1) is 18.1. The zero-order valence-electron chi connectivity index (χ0n) is 21.5. The van der Waals surface area contributed by atoms with Crippen molar-refractivity contribution in [2.45, 2.75) is 26.8 Å². The second-order valence-electron chi connectivity index (χ2n) is 8.71. The summed E-state index contributed by atoms with van der Waals surface area (Å²) in [5, 5.41) is 3.99. The summed E-state index contributed by atoms with van der Waals surface area (Å²) in [4.78, 5) is 38.9. The van der Waals surface area contributed by atoms with Gasteiger partial charge in [-0.1, -0.05) is 29.6 Å². The van der Waals surface area contributed by atoms with E-state index in [1.807, 2.05) is 19.9 Å². The first kappa shape index (κ1) is 27.2. The molecule has 38 heavy (non-hydrogen) atoms. The summed E-state index contributed by atoms with van der Waals surface area (Å²) in [6, 6.07) is 10.1. The number of anilines is 2. The van der Waals surface area contributed by atoms with Crippen molar-refractivity contribution < 1.29 is 9.21 Å². The number of nitrogens with two attached hydrogens (primary N) is 1. The summed E-state index contributed by atoms with van der Waals surface area (Å²) < 4.78 is 9.08. The van der Waals surface area contributed by atoms with Crippen LogP contribution >= 0.6 is 23.5 Å². The summed E-state index contributed by atoms with van der Waals surface area (Å²) in [5.41, 5.74) is 10.4. The lowest BCUT2D eigenvalue weighted by Crippen LogP contribution is -2.20. The highest BCUT2D eigenvalue weighted by atomic mass is 35.5. The van der Waals surface area contributed by atoms with Crippen LogP contribution in [0, 0.1) is 13.8 Å². The minimum Gasteiger partial charge on any atom is -0.454 e. The second-order valence-corrected chi connectivity index (χ2v) is 9.71.